The maximum absolute atomic E-state index is 13.7. The molecule has 6 nitrogen and oxygen atoms in total. The highest BCUT2D eigenvalue weighted by molar-refractivity contribution is 5.91. The number of allylic oxidation sites excluding steroid dienone is 2. The lowest BCUT2D eigenvalue weighted by atomic mass is 9.48. The largest absolute Gasteiger partial charge is 0.451 e. The van der Waals surface area contributed by atoms with Crippen LogP contribution in [0, 0.1) is 25.7 Å². The van der Waals surface area contributed by atoms with Crippen LogP contribution in [0.1, 0.15) is 43.0 Å². The number of hydrogen-bond donors (Lipinski definition) is 0. The fraction of sp³-hybridized carbons (Fsp3) is 0.294. The van der Waals surface area contributed by atoms with Crippen molar-refractivity contribution in [3.63, 3.8) is 0 Å². The average molecular weight is 537 g/mol. The minimum atomic E-state index is -1.14. The number of ether oxygens (including phenoxy) is 4. The van der Waals surface area contributed by atoms with Gasteiger partial charge in [0, 0.05) is 26.1 Å². The molecule has 3 aromatic carbocycles. The molecule has 0 aromatic heterocycles. The minimum Gasteiger partial charge on any atom is -0.451 e. The number of benzene rings is 3. The normalized spacial score (nSPS) is 29.4. The summed E-state index contributed by atoms with van der Waals surface area (Å²) in [4.78, 5) is 27.3. The molecular formula is C34H32O6. The molecule has 204 valence electrons. The van der Waals surface area contributed by atoms with E-state index in [2.05, 4.69) is 12.2 Å². The Labute approximate surface area is 234 Å². The molecule has 0 heterocycles. The summed E-state index contributed by atoms with van der Waals surface area (Å²) in [6.07, 6.45) is 6.08. The van der Waals surface area contributed by atoms with Crippen LogP contribution < -0.4 is 0 Å². The summed E-state index contributed by atoms with van der Waals surface area (Å²) < 4.78 is 25.6. The molecule has 0 spiro atoms. The molecule has 0 saturated heterocycles. The Morgan fingerprint density at radius 2 is 0.975 bits per heavy atom. The van der Waals surface area contributed by atoms with Gasteiger partial charge in [0.2, 0.25) is 0 Å². The van der Waals surface area contributed by atoms with Crippen LogP contribution in [0.4, 0.5) is 0 Å². The number of rotatable bonds is 6. The van der Waals surface area contributed by atoms with Gasteiger partial charge in [-0.3, -0.25) is 0 Å². The molecule has 1 fully saturated rings. The molecular weight excluding hydrogens is 504 g/mol. The average Bonchev–Trinajstić information content (AvgIpc) is 2.99. The van der Waals surface area contributed by atoms with E-state index in [4.69, 9.17) is 18.9 Å². The third kappa shape index (κ3) is 3.70. The van der Waals surface area contributed by atoms with Crippen molar-refractivity contribution in [2.75, 3.05) is 14.2 Å². The van der Waals surface area contributed by atoms with Gasteiger partial charge in [-0.25, -0.2) is 9.59 Å². The molecule has 4 aliphatic rings. The van der Waals surface area contributed by atoms with E-state index in [1.165, 1.54) is 0 Å². The van der Waals surface area contributed by atoms with Gasteiger partial charge in [0.05, 0.1) is 11.1 Å². The summed E-state index contributed by atoms with van der Waals surface area (Å²) in [6.45, 7) is 3.91. The Balaban J connectivity index is 1.54. The number of esters is 2. The standard InChI is InChI=1S/C34H32O6/c1-21-13-17-23(18-14-21)31(35)39-29-30(40-32(36)24-19-15-22(2)16-20-24)34(38-4)27-11-7-5-9-25(27)33(29,37-3)26-10-6-8-12-28(26)34/h5-20,25,27,29-30H,1-4H3/t25?,27?,29-,30+,33-,34+. The summed E-state index contributed by atoms with van der Waals surface area (Å²) in [5, 5.41) is 0. The zero-order valence-corrected chi connectivity index (χ0v) is 23.0. The predicted molar refractivity (Wildman–Crippen MR) is 150 cm³/mol. The van der Waals surface area contributed by atoms with Crippen LogP contribution in [0.15, 0.2) is 97.1 Å². The first kappa shape index (κ1) is 26.2. The van der Waals surface area contributed by atoms with E-state index < -0.39 is 35.3 Å². The molecule has 0 N–H and O–H groups in total. The van der Waals surface area contributed by atoms with Crippen molar-refractivity contribution in [1.82, 2.24) is 0 Å². The van der Waals surface area contributed by atoms with Crippen LogP contribution in [-0.2, 0) is 30.1 Å². The highest BCUT2D eigenvalue weighted by atomic mass is 16.6. The first-order valence-electron chi connectivity index (χ1n) is 13.5. The smallest absolute Gasteiger partial charge is 0.338 e. The van der Waals surface area contributed by atoms with Gasteiger partial charge in [-0.15, -0.1) is 0 Å². The quantitative estimate of drug-likeness (QED) is 0.370. The monoisotopic (exact) mass is 536 g/mol. The fourth-order valence-electron chi connectivity index (χ4n) is 6.85. The number of hydrogen-bond acceptors (Lipinski definition) is 6. The molecule has 6 heteroatoms. The van der Waals surface area contributed by atoms with Crippen molar-refractivity contribution < 1.29 is 28.5 Å². The third-order valence-corrected chi connectivity index (χ3v) is 8.73. The van der Waals surface area contributed by atoms with Crippen LogP contribution in [0.2, 0.25) is 0 Å². The molecule has 7 rings (SSSR count). The van der Waals surface area contributed by atoms with E-state index >= 15 is 0 Å². The van der Waals surface area contributed by atoms with E-state index in [-0.39, 0.29) is 11.8 Å². The Kier molecular flexibility index (Phi) is 6.48. The maximum Gasteiger partial charge on any atom is 0.338 e. The van der Waals surface area contributed by atoms with Crippen molar-refractivity contribution in [1.29, 1.82) is 0 Å². The van der Waals surface area contributed by atoms with Crippen molar-refractivity contribution >= 4 is 11.9 Å². The Morgan fingerprint density at radius 3 is 1.32 bits per heavy atom. The van der Waals surface area contributed by atoms with Crippen LogP contribution in [0.3, 0.4) is 0 Å². The Morgan fingerprint density at radius 1 is 0.600 bits per heavy atom. The molecule has 0 aliphatic heterocycles. The van der Waals surface area contributed by atoms with Gasteiger partial charge < -0.3 is 18.9 Å². The number of fused-ring (bicyclic) bond motifs is 1. The van der Waals surface area contributed by atoms with Gasteiger partial charge in [-0.05, 0) is 49.2 Å². The molecule has 2 unspecified atom stereocenters. The number of carbonyl (C=O) groups excluding carboxylic acids is 2. The highest BCUT2D eigenvalue weighted by Gasteiger charge is 2.74. The number of aryl methyl sites for hydroxylation is 2. The molecule has 2 bridgehead atoms. The van der Waals surface area contributed by atoms with Crippen LogP contribution >= 0.6 is 0 Å². The molecule has 0 amide bonds. The Hall–Kier alpha value is -4.00. The molecule has 40 heavy (non-hydrogen) atoms. The van der Waals surface area contributed by atoms with Gasteiger partial charge in [-0.1, -0.05) is 84.0 Å². The lowest BCUT2D eigenvalue weighted by Crippen LogP contribution is -2.75. The second kappa shape index (κ2) is 9.88. The molecule has 3 aromatic rings. The first-order chi connectivity index (χ1) is 19.4. The van der Waals surface area contributed by atoms with Crippen LogP contribution in [0.25, 0.3) is 0 Å². The van der Waals surface area contributed by atoms with E-state index in [0.717, 1.165) is 22.3 Å². The van der Waals surface area contributed by atoms with Crippen molar-refractivity contribution in [2.45, 2.75) is 37.3 Å². The van der Waals surface area contributed by atoms with E-state index in [1.807, 2.05) is 74.5 Å². The second-order valence-electron chi connectivity index (χ2n) is 10.7. The first-order valence-corrected chi connectivity index (χ1v) is 13.5. The molecule has 6 atom stereocenters. The number of carbonyl (C=O) groups is 2. The van der Waals surface area contributed by atoms with Gasteiger partial charge in [0.25, 0.3) is 0 Å². The van der Waals surface area contributed by atoms with Gasteiger partial charge >= 0.3 is 11.9 Å². The summed E-state index contributed by atoms with van der Waals surface area (Å²) in [5.74, 6) is -1.55. The van der Waals surface area contributed by atoms with Gasteiger partial charge in [0.15, 0.2) is 12.2 Å². The van der Waals surface area contributed by atoms with Crippen molar-refractivity contribution in [3.8, 4) is 0 Å². The van der Waals surface area contributed by atoms with E-state index in [1.54, 1.807) is 38.5 Å². The Bertz CT molecular complexity index is 1390. The predicted octanol–water partition coefficient (Wildman–Crippen LogP) is 5.82. The van der Waals surface area contributed by atoms with Crippen LogP contribution in [-0.4, -0.2) is 38.4 Å². The molecule has 4 aliphatic carbocycles. The lowest BCUT2D eigenvalue weighted by Gasteiger charge is -2.65. The topological polar surface area (TPSA) is 71.1 Å². The van der Waals surface area contributed by atoms with Gasteiger partial charge in [0.1, 0.15) is 11.2 Å². The SMILES string of the molecule is CO[C@]12c3ccccc3[C@](OC)(C3C=CC=CC31)[C@H](OC(=O)c1ccc(C)cc1)[C@@H]2OC(=O)c1ccc(C)cc1. The third-order valence-electron chi connectivity index (χ3n) is 8.73. The zero-order chi connectivity index (χ0) is 28.1. The number of methoxy groups -OCH3 is 2. The summed E-state index contributed by atoms with van der Waals surface area (Å²) in [6, 6.07) is 22.2. The summed E-state index contributed by atoms with van der Waals surface area (Å²) >= 11 is 0. The van der Waals surface area contributed by atoms with E-state index in [9.17, 15) is 9.59 Å². The highest BCUT2D eigenvalue weighted by Crippen LogP contribution is 2.65. The van der Waals surface area contributed by atoms with Gasteiger partial charge in [-0.2, -0.15) is 0 Å². The summed E-state index contributed by atoms with van der Waals surface area (Å²) in [5.41, 5.74) is 2.29. The molecule has 1 saturated carbocycles. The fourth-order valence-corrected chi connectivity index (χ4v) is 6.85. The maximum atomic E-state index is 13.7. The lowest BCUT2D eigenvalue weighted by molar-refractivity contribution is -0.294. The molecule has 0 radical (unpaired) electrons. The summed E-state index contributed by atoms with van der Waals surface area (Å²) in [7, 11) is 3.24. The van der Waals surface area contributed by atoms with Crippen molar-refractivity contribution in [2.24, 2.45) is 11.8 Å². The minimum absolute atomic E-state index is 0.248. The zero-order valence-electron chi connectivity index (χ0n) is 23.0. The van der Waals surface area contributed by atoms with E-state index in [0.29, 0.717) is 11.1 Å². The van der Waals surface area contributed by atoms with Crippen LogP contribution in [0.5, 0.6) is 0 Å². The van der Waals surface area contributed by atoms with Crippen molar-refractivity contribution in [3.05, 3.63) is 130 Å². The second-order valence-corrected chi connectivity index (χ2v) is 10.7.